The van der Waals surface area contributed by atoms with Gasteiger partial charge in [-0.05, 0) is 25.0 Å². The van der Waals surface area contributed by atoms with E-state index in [1.807, 2.05) is 9.80 Å². The molecular weight excluding hydrogens is 441 g/mol. The number of amides is 2. The van der Waals surface area contributed by atoms with E-state index >= 15 is 0 Å². The highest BCUT2D eigenvalue weighted by Gasteiger charge is 2.60. The average Bonchev–Trinajstić information content (AvgIpc) is 3.13. The largest absolute Gasteiger partial charge is 0.430 e. The summed E-state index contributed by atoms with van der Waals surface area (Å²) >= 11 is 0. The van der Waals surface area contributed by atoms with Crippen LogP contribution in [-0.2, 0) is 15.2 Å². The predicted molar refractivity (Wildman–Crippen MR) is 113 cm³/mol. The Bertz CT molecular complexity index is 1120. The van der Waals surface area contributed by atoms with Crippen molar-refractivity contribution in [2.75, 3.05) is 30.3 Å². The molecule has 5 N–H and O–H groups in total. The van der Waals surface area contributed by atoms with Crippen LogP contribution in [0.15, 0.2) is 24.4 Å². The number of nitrogens with zero attached hydrogens (tertiary/aromatic N) is 4. The minimum Gasteiger partial charge on any atom is -0.381 e. The highest BCUT2D eigenvalue weighted by molar-refractivity contribution is 5.86. The highest BCUT2D eigenvalue weighted by atomic mass is 19.4. The first-order valence-corrected chi connectivity index (χ1v) is 10.3. The number of piperazine rings is 1. The first kappa shape index (κ1) is 22.8. The van der Waals surface area contributed by atoms with Gasteiger partial charge in [-0.1, -0.05) is 12.1 Å². The van der Waals surface area contributed by atoms with E-state index in [2.05, 4.69) is 9.97 Å². The Morgan fingerprint density at radius 2 is 2.00 bits per heavy atom. The third-order valence-electron chi connectivity index (χ3n) is 6.27. The maximum absolute atomic E-state index is 13.5. The van der Waals surface area contributed by atoms with Crippen LogP contribution >= 0.6 is 0 Å². The summed E-state index contributed by atoms with van der Waals surface area (Å²) in [7, 11) is 0. The van der Waals surface area contributed by atoms with Crippen molar-refractivity contribution >= 4 is 23.5 Å². The van der Waals surface area contributed by atoms with Crippen LogP contribution in [0.2, 0.25) is 0 Å². The number of hydrogen-bond acceptors (Lipinski definition) is 7. The van der Waals surface area contributed by atoms with Gasteiger partial charge in [-0.25, -0.2) is 9.97 Å². The quantitative estimate of drug-likeness (QED) is 0.615. The Morgan fingerprint density at radius 1 is 1.27 bits per heavy atom. The van der Waals surface area contributed by atoms with Gasteiger partial charge in [-0.15, -0.1) is 0 Å². The van der Waals surface area contributed by atoms with Crippen LogP contribution < -0.4 is 16.4 Å². The second kappa shape index (κ2) is 7.87. The van der Waals surface area contributed by atoms with Crippen molar-refractivity contribution in [3.63, 3.8) is 0 Å². The van der Waals surface area contributed by atoms with Gasteiger partial charge in [0, 0.05) is 43.2 Å². The van der Waals surface area contributed by atoms with E-state index in [4.69, 9.17) is 11.5 Å². The van der Waals surface area contributed by atoms with Gasteiger partial charge in [0.1, 0.15) is 0 Å². The van der Waals surface area contributed by atoms with E-state index < -0.39 is 23.2 Å². The lowest BCUT2D eigenvalue weighted by molar-refractivity contribution is -0.255. The lowest BCUT2D eigenvalue weighted by Crippen LogP contribution is -2.52. The van der Waals surface area contributed by atoms with Gasteiger partial charge < -0.3 is 26.4 Å². The van der Waals surface area contributed by atoms with Crippen molar-refractivity contribution in [2.45, 2.75) is 37.6 Å². The fraction of sp³-hybridized carbons (Fsp3) is 0.429. The molecule has 4 rings (SSSR count). The number of nitrogen functional groups attached to an aromatic ring is 1. The molecule has 0 bridgehead atoms. The lowest BCUT2D eigenvalue weighted by Gasteiger charge is -2.38. The lowest BCUT2D eigenvalue weighted by atomic mass is 9.89. The van der Waals surface area contributed by atoms with Crippen LogP contribution in [-0.4, -0.2) is 63.6 Å². The Balaban J connectivity index is 1.73. The van der Waals surface area contributed by atoms with Crippen LogP contribution in [0.4, 0.5) is 24.8 Å². The number of nitrogens with two attached hydrogens (primary N) is 2. The first-order chi connectivity index (χ1) is 15.4. The SMILES string of the molecule is Cc1ccc(C(O)(C(N)=O)C(F)(F)F)cc1-c1cnc(N)c(N2CCN3C(=O)CCC3C2)n1. The van der Waals surface area contributed by atoms with Crippen LogP contribution in [0.5, 0.6) is 0 Å². The van der Waals surface area contributed by atoms with Crippen LogP contribution in [0.25, 0.3) is 11.3 Å². The Hall–Kier alpha value is -3.41. The smallest absolute Gasteiger partial charge is 0.381 e. The number of rotatable bonds is 4. The number of anilines is 2. The summed E-state index contributed by atoms with van der Waals surface area (Å²) in [6, 6.07) is 3.41. The first-order valence-electron chi connectivity index (χ1n) is 10.3. The zero-order chi connectivity index (χ0) is 24.1. The third-order valence-corrected chi connectivity index (χ3v) is 6.27. The summed E-state index contributed by atoms with van der Waals surface area (Å²) < 4.78 is 40.6. The molecule has 2 fully saturated rings. The van der Waals surface area contributed by atoms with Crippen LogP contribution in [0.1, 0.15) is 24.0 Å². The number of halogens is 3. The maximum atomic E-state index is 13.5. The highest BCUT2D eigenvalue weighted by Crippen LogP contribution is 2.40. The number of carbonyl (C=O) groups is 2. The number of aryl methyl sites for hydroxylation is 1. The van der Waals surface area contributed by atoms with Gasteiger partial charge in [0.2, 0.25) is 5.91 Å². The zero-order valence-corrected chi connectivity index (χ0v) is 17.8. The molecule has 176 valence electrons. The van der Waals surface area contributed by atoms with Gasteiger partial charge >= 0.3 is 6.18 Å². The number of aromatic nitrogens is 2. The second-order valence-electron chi connectivity index (χ2n) is 8.29. The summed E-state index contributed by atoms with van der Waals surface area (Å²) in [5.74, 6) is -1.31. The molecule has 2 aliphatic rings. The van der Waals surface area contributed by atoms with Gasteiger partial charge in [-0.2, -0.15) is 13.2 Å². The number of fused-ring (bicyclic) bond motifs is 1. The predicted octanol–water partition coefficient (Wildman–Crippen LogP) is 1.08. The molecule has 12 heteroatoms. The van der Waals surface area contributed by atoms with Gasteiger partial charge in [0.25, 0.3) is 11.5 Å². The third kappa shape index (κ3) is 3.73. The van der Waals surface area contributed by atoms with Crippen molar-refractivity contribution < 1.29 is 27.9 Å². The van der Waals surface area contributed by atoms with Crippen molar-refractivity contribution in [3.05, 3.63) is 35.5 Å². The van der Waals surface area contributed by atoms with Crippen molar-refractivity contribution in [1.29, 1.82) is 0 Å². The molecule has 2 atom stereocenters. The molecule has 2 amide bonds. The minimum atomic E-state index is -5.32. The maximum Gasteiger partial charge on any atom is 0.430 e. The average molecular weight is 464 g/mol. The van der Waals surface area contributed by atoms with Gasteiger partial charge in [0.15, 0.2) is 11.6 Å². The number of alkyl halides is 3. The summed E-state index contributed by atoms with van der Waals surface area (Å²) in [6.45, 7) is 3.17. The topological polar surface area (TPSA) is 139 Å². The molecular formula is C21H23F3N6O3. The molecule has 3 heterocycles. The molecule has 0 radical (unpaired) electrons. The van der Waals surface area contributed by atoms with E-state index in [-0.39, 0.29) is 29.0 Å². The Morgan fingerprint density at radius 3 is 2.67 bits per heavy atom. The van der Waals surface area contributed by atoms with E-state index in [0.717, 1.165) is 18.6 Å². The molecule has 33 heavy (non-hydrogen) atoms. The molecule has 9 nitrogen and oxygen atoms in total. The van der Waals surface area contributed by atoms with E-state index in [1.165, 1.54) is 12.3 Å². The monoisotopic (exact) mass is 464 g/mol. The molecule has 0 saturated carbocycles. The number of carbonyl (C=O) groups excluding carboxylic acids is 2. The van der Waals surface area contributed by atoms with Crippen molar-refractivity contribution in [1.82, 2.24) is 14.9 Å². The number of benzene rings is 1. The van der Waals surface area contributed by atoms with Gasteiger partial charge in [0.05, 0.1) is 11.9 Å². The molecule has 2 unspecified atom stereocenters. The summed E-state index contributed by atoms with van der Waals surface area (Å²) in [4.78, 5) is 36.0. The van der Waals surface area contributed by atoms with E-state index in [9.17, 15) is 27.9 Å². The molecule has 0 spiro atoms. The fourth-order valence-electron chi connectivity index (χ4n) is 4.38. The van der Waals surface area contributed by atoms with Crippen molar-refractivity contribution in [2.24, 2.45) is 5.73 Å². The molecule has 2 saturated heterocycles. The number of primary amides is 1. The number of hydrogen-bond donors (Lipinski definition) is 3. The second-order valence-corrected chi connectivity index (χ2v) is 8.29. The Labute approximate surface area is 187 Å². The van der Waals surface area contributed by atoms with Crippen molar-refractivity contribution in [3.8, 4) is 11.3 Å². The standard InChI is InChI=1S/C21H23F3N6O3/c1-11-2-3-12(20(33,19(26)32)21(22,23)24)8-14(11)15-9-27-17(25)18(28-15)29-6-7-30-13(10-29)4-5-16(30)31/h2-3,8-9,13,33H,4-7,10H2,1H3,(H2,25,27)(H2,26,32). The van der Waals surface area contributed by atoms with E-state index in [0.29, 0.717) is 37.4 Å². The summed E-state index contributed by atoms with van der Waals surface area (Å²) in [5, 5.41) is 10.2. The molecule has 1 aromatic carbocycles. The molecule has 2 aliphatic heterocycles. The Kier molecular flexibility index (Phi) is 5.43. The summed E-state index contributed by atoms with van der Waals surface area (Å²) in [6.07, 6.45) is -2.78. The summed E-state index contributed by atoms with van der Waals surface area (Å²) in [5.41, 5.74) is 7.40. The van der Waals surface area contributed by atoms with Crippen LogP contribution in [0.3, 0.4) is 0 Å². The normalized spacial score (nSPS) is 20.5. The number of aliphatic hydroxyl groups is 1. The molecule has 1 aromatic heterocycles. The van der Waals surface area contributed by atoms with E-state index in [1.54, 1.807) is 6.92 Å². The molecule has 2 aromatic rings. The zero-order valence-electron chi connectivity index (χ0n) is 17.8. The fourth-order valence-corrected chi connectivity index (χ4v) is 4.38. The minimum absolute atomic E-state index is 0.0403. The molecule has 0 aliphatic carbocycles. The van der Waals surface area contributed by atoms with Gasteiger partial charge in [-0.3, -0.25) is 9.59 Å². The van der Waals surface area contributed by atoms with Crippen LogP contribution in [0, 0.1) is 6.92 Å².